The lowest BCUT2D eigenvalue weighted by Gasteiger charge is -2.11. The molecule has 0 amide bonds. The van der Waals surface area contributed by atoms with Gasteiger partial charge >= 0.3 is 5.97 Å². The van der Waals surface area contributed by atoms with Gasteiger partial charge in [-0.25, -0.2) is 14.5 Å². The number of imidazole rings is 1. The molecule has 0 saturated heterocycles. The van der Waals surface area contributed by atoms with E-state index in [4.69, 9.17) is 5.11 Å². The summed E-state index contributed by atoms with van der Waals surface area (Å²) in [4.78, 5) is 14.8. The van der Waals surface area contributed by atoms with Crippen LogP contribution in [0.25, 0.3) is 5.69 Å². The van der Waals surface area contributed by atoms with E-state index in [0.29, 0.717) is 5.69 Å². The summed E-state index contributed by atoms with van der Waals surface area (Å²) in [5, 5.41) is 12.7. The average molecular weight is 347 g/mol. The molecule has 2 aromatic heterocycles. The van der Waals surface area contributed by atoms with E-state index >= 15 is 0 Å². The molecule has 0 aliphatic rings. The number of nitrogens with one attached hydrogen (secondary N) is 1. The van der Waals surface area contributed by atoms with Crippen LogP contribution in [0.3, 0.4) is 0 Å². The molecule has 0 atom stereocenters. The lowest BCUT2D eigenvalue weighted by Crippen LogP contribution is -2.15. The van der Waals surface area contributed by atoms with Gasteiger partial charge in [-0.1, -0.05) is 12.1 Å². The normalized spacial score (nSPS) is 11.4. The van der Waals surface area contributed by atoms with Gasteiger partial charge in [-0.2, -0.15) is 13.5 Å². The van der Waals surface area contributed by atoms with Gasteiger partial charge in [0.15, 0.2) is 10.7 Å². The first-order chi connectivity index (χ1) is 11.4. The number of hydrogen-bond donors (Lipinski definition) is 2. The number of nitrogens with zero attached hydrogens (tertiary/aromatic N) is 4. The molecule has 0 unspecified atom stereocenters. The summed E-state index contributed by atoms with van der Waals surface area (Å²) in [5.74, 6) is -1.17. The van der Waals surface area contributed by atoms with Gasteiger partial charge in [-0.05, 0) is 18.2 Å². The summed E-state index contributed by atoms with van der Waals surface area (Å²) in [6.07, 6.45) is 4.20. The summed E-state index contributed by atoms with van der Waals surface area (Å²) in [6.45, 7) is 0. The lowest BCUT2D eigenvalue weighted by molar-refractivity contribution is 0.0690. The minimum absolute atomic E-state index is 0.119. The fraction of sp³-hybridized carbons (Fsp3) is 0.0714. The first-order valence-corrected chi connectivity index (χ1v) is 8.24. The van der Waals surface area contributed by atoms with E-state index < -0.39 is 16.0 Å². The second-order valence-electron chi connectivity index (χ2n) is 4.95. The summed E-state index contributed by atoms with van der Waals surface area (Å²) < 4.78 is 30.1. The molecule has 9 nitrogen and oxygen atoms in total. The standard InChI is InChI=1S/C14H13N5O4S/c1-18-8-13(15-9-18)24(22,23)17-10-4-2-3-5-12(10)19-7-6-11(16-19)14(20)21/h2-9,17H,1H3,(H,20,21). The fourth-order valence-corrected chi connectivity index (χ4v) is 3.11. The SMILES string of the molecule is Cn1cnc(S(=O)(=O)Nc2ccccc2-n2ccc(C(=O)O)n2)c1. The zero-order valence-corrected chi connectivity index (χ0v) is 13.3. The van der Waals surface area contributed by atoms with Crippen molar-refractivity contribution in [3.05, 3.63) is 54.7 Å². The Hall–Kier alpha value is -3.14. The van der Waals surface area contributed by atoms with Gasteiger partial charge in [0.1, 0.15) is 0 Å². The number of aromatic nitrogens is 4. The summed E-state index contributed by atoms with van der Waals surface area (Å²) >= 11 is 0. The monoisotopic (exact) mass is 347 g/mol. The van der Waals surface area contributed by atoms with Crippen LogP contribution < -0.4 is 4.72 Å². The number of rotatable bonds is 5. The Labute approximate surface area is 137 Å². The van der Waals surface area contributed by atoms with Gasteiger partial charge in [0.2, 0.25) is 0 Å². The molecular weight excluding hydrogens is 334 g/mol. The first-order valence-electron chi connectivity index (χ1n) is 6.76. The number of anilines is 1. The van der Waals surface area contributed by atoms with Crippen LogP contribution in [-0.4, -0.2) is 38.8 Å². The second-order valence-corrected chi connectivity index (χ2v) is 6.58. The highest BCUT2D eigenvalue weighted by Crippen LogP contribution is 2.22. The quantitative estimate of drug-likeness (QED) is 0.713. The first kappa shape index (κ1) is 15.7. The predicted octanol–water partition coefficient (Wildman–Crippen LogP) is 1.10. The van der Waals surface area contributed by atoms with Crippen LogP contribution in [0.4, 0.5) is 5.69 Å². The summed E-state index contributed by atoms with van der Waals surface area (Å²) in [7, 11) is -2.21. The Morgan fingerprint density at radius 1 is 1.25 bits per heavy atom. The van der Waals surface area contributed by atoms with Crippen LogP contribution in [0.5, 0.6) is 0 Å². The van der Waals surface area contributed by atoms with Crippen LogP contribution in [-0.2, 0) is 17.1 Å². The maximum absolute atomic E-state index is 12.4. The second kappa shape index (κ2) is 5.81. The minimum Gasteiger partial charge on any atom is -0.476 e. The number of aryl methyl sites for hydroxylation is 1. The largest absolute Gasteiger partial charge is 0.476 e. The molecule has 10 heteroatoms. The Bertz CT molecular complexity index is 1010. The van der Waals surface area contributed by atoms with Crippen molar-refractivity contribution >= 4 is 21.7 Å². The molecule has 24 heavy (non-hydrogen) atoms. The van der Waals surface area contributed by atoms with E-state index in [0.717, 1.165) is 0 Å². The Balaban J connectivity index is 1.99. The van der Waals surface area contributed by atoms with E-state index in [9.17, 15) is 13.2 Å². The third-order valence-corrected chi connectivity index (χ3v) is 4.41. The molecule has 0 radical (unpaired) electrons. The Morgan fingerprint density at radius 3 is 2.62 bits per heavy atom. The fourth-order valence-electron chi connectivity index (χ4n) is 2.06. The zero-order chi connectivity index (χ0) is 17.3. The number of carboxylic acid groups (broad SMARTS) is 1. The minimum atomic E-state index is -3.87. The van der Waals surface area contributed by atoms with E-state index in [-0.39, 0.29) is 16.4 Å². The number of benzene rings is 1. The number of para-hydroxylation sites is 2. The van der Waals surface area contributed by atoms with Crippen molar-refractivity contribution in [1.82, 2.24) is 19.3 Å². The van der Waals surface area contributed by atoms with E-state index in [1.54, 1.807) is 31.3 Å². The molecule has 0 spiro atoms. The van der Waals surface area contributed by atoms with Crippen molar-refractivity contribution in [1.29, 1.82) is 0 Å². The predicted molar refractivity (Wildman–Crippen MR) is 84.5 cm³/mol. The van der Waals surface area contributed by atoms with Gasteiger partial charge < -0.3 is 9.67 Å². The van der Waals surface area contributed by atoms with Crippen molar-refractivity contribution in [3.63, 3.8) is 0 Å². The van der Waals surface area contributed by atoms with Crippen LogP contribution in [0.15, 0.2) is 54.1 Å². The molecule has 2 N–H and O–H groups in total. The highest BCUT2D eigenvalue weighted by molar-refractivity contribution is 7.92. The molecule has 2 heterocycles. The molecule has 0 aliphatic carbocycles. The zero-order valence-electron chi connectivity index (χ0n) is 12.5. The van der Waals surface area contributed by atoms with E-state index in [1.807, 2.05) is 0 Å². The molecule has 3 aromatic rings. The van der Waals surface area contributed by atoms with E-state index in [1.165, 1.54) is 34.0 Å². The Kier molecular flexibility index (Phi) is 3.81. The number of carboxylic acids is 1. The molecule has 0 aliphatic heterocycles. The number of carbonyl (C=O) groups is 1. The van der Waals surface area contributed by atoms with E-state index in [2.05, 4.69) is 14.8 Å². The molecule has 3 rings (SSSR count). The topological polar surface area (TPSA) is 119 Å². The van der Waals surface area contributed by atoms with Crippen LogP contribution >= 0.6 is 0 Å². The average Bonchev–Trinajstić information content (AvgIpc) is 3.16. The Morgan fingerprint density at radius 2 is 2.00 bits per heavy atom. The van der Waals surface area contributed by atoms with Gasteiger partial charge in [0.25, 0.3) is 10.0 Å². The van der Waals surface area contributed by atoms with Crippen molar-refractivity contribution < 1.29 is 18.3 Å². The van der Waals surface area contributed by atoms with Crippen LogP contribution in [0.2, 0.25) is 0 Å². The van der Waals surface area contributed by atoms with Crippen molar-refractivity contribution in [3.8, 4) is 5.69 Å². The lowest BCUT2D eigenvalue weighted by atomic mass is 10.3. The van der Waals surface area contributed by atoms with Crippen molar-refractivity contribution in [2.75, 3.05) is 4.72 Å². The molecular formula is C14H13N5O4S. The summed E-state index contributed by atoms with van der Waals surface area (Å²) in [6, 6.07) is 7.84. The van der Waals surface area contributed by atoms with Gasteiger partial charge in [-0.15, -0.1) is 0 Å². The summed E-state index contributed by atoms with van der Waals surface area (Å²) in [5.41, 5.74) is 0.505. The van der Waals surface area contributed by atoms with Crippen LogP contribution in [0, 0.1) is 0 Å². The van der Waals surface area contributed by atoms with Gasteiger partial charge in [-0.3, -0.25) is 4.72 Å². The molecule has 0 fully saturated rings. The van der Waals surface area contributed by atoms with Gasteiger partial charge in [0.05, 0.1) is 17.7 Å². The maximum atomic E-state index is 12.4. The van der Waals surface area contributed by atoms with Crippen molar-refractivity contribution in [2.45, 2.75) is 5.03 Å². The maximum Gasteiger partial charge on any atom is 0.356 e. The molecule has 124 valence electrons. The number of hydrogen-bond acceptors (Lipinski definition) is 5. The molecule has 0 saturated carbocycles. The van der Waals surface area contributed by atoms with Crippen LogP contribution in [0.1, 0.15) is 10.5 Å². The smallest absolute Gasteiger partial charge is 0.356 e. The van der Waals surface area contributed by atoms with Gasteiger partial charge in [0, 0.05) is 19.4 Å². The molecule has 0 bridgehead atoms. The number of aromatic carboxylic acids is 1. The third kappa shape index (κ3) is 2.99. The highest BCUT2D eigenvalue weighted by atomic mass is 32.2. The molecule has 1 aromatic carbocycles. The number of sulfonamides is 1. The third-order valence-electron chi connectivity index (χ3n) is 3.16. The highest BCUT2D eigenvalue weighted by Gasteiger charge is 2.19. The van der Waals surface area contributed by atoms with Crippen molar-refractivity contribution in [2.24, 2.45) is 7.05 Å².